The van der Waals surface area contributed by atoms with Gasteiger partial charge in [0.05, 0.1) is 9.90 Å². The molecule has 5 heteroatoms. The minimum absolute atomic E-state index is 0.627. The predicted octanol–water partition coefficient (Wildman–Crippen LogP) is 5.46. The highest BCUT2D eigenvalue weighted by atomic mass is 79.9. The van der Waals surface area contributed by atoms with Gasteiger partial charge in [-0.1, -0.05) is 23.7 Å². The molecule has 3 rings (SSSR count). The molecule has 3 aromatic rings. The van der Waals surface area contributed by atoms with E-state index in [1.165, 1.54) is 11.3 Å². The third kappa shape index (κ3) is 2.02. The van der Waals surface area contributed by atoms with E-state index in [1.54, 1.807) is 11.3 Å². The molecule has 0 aliphatic rings. The topological polar surface area (TPSA) is 20.2 Å². The molecule has 0 aliphatic heterocycles. The molecule has 1 atom stereocenters. The molecule has 0 fully saturated rings. The lowest BCUT2D eigenvalue weighted by Gasteiger charge is -2.08. The van der Waals surface area contributed by atoms with Crippen molar-refractivity contribution < 1.29 is 5.11 Å². The van der Waals surface area contributed by atoms with Crippen LogP contribution in [0, 0.1) is 0 Å². The van der Waals surface area contributed by atoms with Gasteiger partial charge in [-0.25, -0.2) is 0 Å². The number of rotatable bonds is 2. The van der Waals surface area contributed by atoms with Crippen LogP contribution >= 0.6 is 50.2 Å². The summed E-state index contributed by atoms with van der Waals surface area (Å²) < 4.78 is 2.21. The van der Waals surface area contributed by atoms with Crippen LogP contribution < -0.4 is 0 Å². The van der Waals surface area contributed by atoms with E-state index in [0.29, 0.717) is 5.02 Å². The van der Waals surface area contributed by atoms with Crippen molar-refractivity contribution in [3.8, 4) is 0 Å². The van der Waals surface area contributed by atoms with E-state index >= 15 is 0 Å². The molecule has 1 nitrogen and oxygen atoms in total. The molecule has 1 N–H and O–H groups in total. The summed E-state index contributed by atoms with van der Waals surface area (Å²) >= 11 is 12.7. The van der Waals surface area contributed by atoms with Crippen molar-refractivity contribution in [1.82, 2.24) is 0 Å². The maximum absolute atomic E-state index is 10.5. The molecule has 0 radical (unpaired) electrons. The average Bonchev–Trinajstić information content (AvgIpc) is 2.95. The zero-order valence-electron chi connectivity index (χ0n) is 9.06. The minimum atomic E-state index is -0.652. The minimum Gasteiger partial charge on any atom is -0.383 e. The second kappa shape index (κ2) is 4.94. The van der Waals surface area contributed by atoms with Crippen LogP contribution in [0.4, 0.5) is 0 Å². The van der Waals surface area contributed by atoms with Gasteiger partial charge in [-0.05, 0) is 44.2 Å². The smallest absolute Gasteiger partial charge is 0.116 e. The highest BCUT2D eigenvalue weighted by Crippen LogP contribution is 2.40. The molecule has 0 amide bonds. The third-order valence-electron chi connectivity index (χ3n) is 2.77. The van der Waals surface area contributed by atoms with Crippen LogP contribution in [0.2, 0.25) is 5.02 Å². The molecular weight excluding hydrogens is 352 g/mol. The maximum Gasteiger partial charge on any atom is 0.116 e. The zero-order chi connectivity index (χ0) is 12.7. The van der Waals surface area contributed by atoms with Gasteiger partial charge in [0.1, 0.15) is 6.10 Å². The molecule has 0 saturated heterocycles. The molecule has 1 aromatic carbocycles. The fraction of sp³-hybridized carbons (Fsp3) is 0.0769. The van der Waals surface area contributed by atoms with Crippen LogP contribution in [0.15, 0.2) is 39.5 Å². The molecule has 0 bridgehead atoms. The molecule has 0 aliphatic carbocycles. The second-order valence-corrected chi connectivity index (χ2v) is 6.93. The van der Waals surface area contributed by atoms with Gasteiger partial charge in [0.2, 0.25) is 0 Å². The van der Waals surface area contributed by atoms with E-state index < -0.39 is 6.10 Å². The first-order valence-electron chi connectivity index (χ1n) is 5.25. The molecule has 1 unspecified atom stereocenters. The fourth-order valence-corrected chi connectivity index (χ4v) is 4.70. The Hall–Kier alpha value is -0.390. The number of aliphatic hydroxyl groups excluding tert-OH is 1. The highest BCUT2D eigenvalue weighted by molar-refractivity contribution is 9.10. The Bertz CT molecular complexity index is 704. The Morgan fingerprint density at radius 1 is 1.22 bits per heavy atom. The summed E-state index contributed by atoms with van der Waals surface area (Å²) in [5.74, 6) is 0. The van der Waals surface area contributed by atoms with E-state index in [0.717, 1.165) is 25.0 Å². The summed E-state index contributed by atoms with van der Waals surface area (Å²) in [6.45, 7) is 0. The number of aliphatic hydroxyl groups is 1. The third-order valence-corrected chi connectivity index (χ3v) is 6.15. The Morgan fingerprint density at radius 3 is 2.78 bits per heavy atom. The molecule has 2 heterocycles. The van der Waals surface area contributed by atoms with Gasteiger partial charge < -0.3 is 5.11 Å². The number of fused-ring (bicyclic) bond motifs is 1. The van der Waals surface area contributed by atoms with Gasteiger partial charge in [-0.3, -0.25) is 0 Å². The highest BCUT2D eigenvalue weighted by Gasteiger charge is 2.19. The molecule has 92 valence electrons. The first-order chi connectivity index (χ1) is 8.68. The van der Waals surface area contributed by atoms with Gasteiger partial charge in [-0.15, -0.1) is 22.7 Å². The second-order valence-electron chi connectivity index (χ2n) is 3.84. The first-order valence-corrected chi connectivity index (χ1v) is 8.18. The normalized spacial score (nSPS) is 13.1. The summed E-state index contributed by atoms with van der Waals surface area (Å²) in [6, 6.07) is 7.82. The predicted molar refractivity (Wildman–Crippen MR) is 82.9 cm³/mol. The van der Waals surface area contributed by atoms with Gasteiger partial charge in [-0.2, -0.15) is 0 Å². The van der Waals surface area contributed by atoms with E-state index in [-0.39, 0.29) is 0 Å². The maximum atomic E-state index is 10.5. The monoisotopic (exact) mass is 358 g/mol. The van der Waals surface area contributed by atoms with Gasteiger partial charge >= 0.3 is 0 Å². The Balaban J connectivity index is 2.16. The Labute approximate surface area is 126 Å². The van der Waals surface area contributed by atoms with Crippen molar-refractivity contribution >= 4 is 60.3 Å². The molecule has 0 saturated carbocycles. The average molecular weight is 360 g/mol. The van der Waals surface area contributed by atoms with Crippen molar-refractivity contribution in [2.45, 2.75) is 6.10 Å². The fourth-order valence-electron chi connectivity index (χ4n) is 1.90. The Morgan fingerprint density at radius 2 is 2.06 bits per heavy atom. The molecular formula is C13H8BrClOS2. The van der Waals surface area contributed by atoms with E-state index in [1.807, 2.05) is 35.0 Å². The number of halogens is 2. The van der Waals surface area contributed by atoms with Crippen LogP contribution in [0.3, 0.4) is 0 Å². The van der Waals surface area contributed by atoms with Crippen molar-refractivity contribution in [1.29, 1.82) is 0 Å². The largest absolute Gasteiger partial charge is 0.383 e. The van der Waals surface area contributed by atoms with Crippen molar-refractivity contribution in [2.24, 2.45) is 0 Å². The number of hydrogen-bond acceptors (Lipinski definition) is 3. The van der Waals surface area contributed by atoms with Crippen molar-refractivity contribution in [3.05, 3.63) is 55.0 Å². The molecule has 18 heavy (non-hydrogen) atoms. The van der Waals surface area contributed by atoms with Crippen molar-refractivity contribution in [3.63, 3.8) is 0 Å². The van der Waals surface area contributed by atoms with Crippen LogP contribution in [0.1, 0.15) is 16.5 Å². The molecule has 2 aromatic heterocycles. The summed E-state index contributed by atoms with van der Waals surface area (Å²) in [6.07, 6.45) is -0.652. The summed E-state index contributed by atoms with van der Waals surface area (Å²) in [4.78, 5) is 0.802. The number of hydrogen-bond donors (Lipinski definition) is 1. The van der Waals surface area contributed by atoms with Gasteiger partial charge in [0.15, 0.2) is 0 Å². The summed E-state index contributed by atoms with van der Waals surface area (Å²) in [5.41, 5.74) is 0.917. The summed E-state index contributed by atoms with van der Waals surface area (Å²) in [7, 11) is 0. The standard InChI is InChI=1S/C13H8BrClOS2/c14-9-3-1-2-7-8(6-18-12(7)9)11(16)13-10(15)4-5-17-13/h1-6,11,16H. The first kappa shape index (κ1) is 12.6. The van der Waals surface area contributed by atoms with E-state index in [4.69, 9.17) is 11.6 Å². The molecule has 0 spiro atoms. The van der Waals surface area contributed by atoms with Gasteiger partial charge in [0, 0.05) is 14.7 Å². The summed E-state index contributed by atoms with van der Waals surface area (Å²) in [5, 5.41) is 16.0. The van der Waals surface area contributed by atoms with Crippen LogP contribution in [0.25, 0.3) is 10.1 Å². The van der Waals surface area contributed by atoms with E-state index in [9.17, 15) is 5.11 Å². The Kier molecular flexibility index (Phi) is 3.47. The van der Waals surface area contributed by atoms with E-state index in [2.05, 4.69) is 15.9 Å². The quantitative estimate of drug-likeness (QED) is 0.644. The van der Waals surface area contributed by atoms with Crippen LogP contribution in [-0.4, -0.2) is 5.11 Å². The number of benzene rings is 1. The van der Waals surface area contributed by atoms with Crippen LogP contribution in [0.5, 0.6) is 0 Å². The lowest BCUT2D eigenvalue weighted by Crippen LogP contribution is -1.96. The lowest BCUT2D eigenvalue weighted by molar-refractivity contribution is 0.226. The lowest BCUT2D eigenvalue weighted by atomic mass is 10.1. The SMILES string of the molecule is OC(c1sccc1Cl)c1csc2c(Br)cccc12. The van der Waals surface area contributed by atoms with Gasteiger partial charge in [0.25, 0.3) is 0 Å². The number of thiophene rings is 2. The zero-order valence-corrected chi connectivity index (χ0v) is 13.0. The van der Waals surface area contributed by atoms with Crippen LogP contribution in [-0.2, 0) is 0 Å². The van der Waals surface area contributed by atoms with Crippen molar-refractivity contribution in [2.75, 3.05) is 0 Å².